The fraction of sp³-hybridized carbons (Fsp3) is 0.600. The number of rotatable bonds is 4. The van der Waals surface area contributed by atoms with Crippen LogP contribution < -0.4 is 5.32 Å². The standard InChI is InChI=1S/C15H25N/c1-6-12-7-9-13(10-8-12)14(16-5)11-15(2,3)4/h7-10,14,16H,6,11H2,1-5H3. The van der Waals surface area contributed by atoms with Gasteiger partial charge in [-0.25, -0.2) is 0 Å². The summed E-state index contributed by atoms with van der Waals surface area (Å²) < 4.78 is 0. The Hall–Kier alpha value is -0.820. The van der Waals surface area contributed by atoms with Crippen molar-refractivity contribution in [2.75, 3.05) is 7.05 Å². The molecular weight excluding hydrogens is 194 g/mol. The zero-order chi connectivity index (χ0) is 12.2. The summed E-state index contributed by atoms with van der Waals surface area (Å²) in [7, 11) is 2.05. The Labute approximate surface area is 100 Å². The van der Waals surface area contributed by atoms with E-state index in [0.29, 0.717) is 11.5 Å². The highest BCUT2D eigenvalue weighted by Gasteiger charge is 2.18. The Morgan fingerprint density at radius 1 is 1.12 bits per heavy atom. The molecule has 0 heterocycles. The van der Waals surface area contributed by atoms with Crippen molar-refractivity contribution in [3.05, 3.63) is 35.4 Å². The summed E-state index contributed by atoms with van der Waals surface area (Å²) in [4.78, 5) is 0. The van der Waals surface area contributed by atoms with Crippen molar-refractivity contribution >= 4 is 0 Å². The minimum Gasteiger partial charge on any atom is -0.313 e. The maximum atomic E-state index is 3.41. The highest BCUT2D eigenvalue weighted by Crippen LogP contribution is 2.29. The van der Waals surface area contributed by atoms with Crippen molar-refractivity contribution in [3.8, 4) is 0 Å². The van der Waals surface area contributed by atoms with Crippen LogP contribution in [0.5, 0.6) is 0 Å². The molecule has 0 fully saturated rings. The van der Waals surface area contributed by atoms with E-state index >= 15 is 0 Å². The topological polar surface area (TPSA) is 12.0 Å². The van der Waals surface area contributed by atoms with Crippen molar-refractivity contribution in [3.63, 3.8) is 0 Å². The molecule has 1 heteroatoms. The van der Waals surface area contributed by atoms with Crippen LogP contribution in [0.3, 0.4) is 0 Å². The third-order valence-electron chi connectivity index (χ3n) is 2.96. The third-order valence-corrected chi connectivity index (χ3v) is 2.96. The van der Waals surface area contributed by atoms with Gasteiger partial charge in [-0.15, -0.1) is 0 Å². The van der Waals surface area contributed by atoms with Gasteiger partial charge in [-0.3, -0.25) is 0 Å². The minimum atomic E-state index is 0.358. The van der Waals surface area contributed by atoms with E-state index in [1.165, 1.54) is 11.1 Å². The maximum absolute atomic E-state index is 3.41. The number of aryl methyl sites for hydroxylation is 1. The average Bonchev–Trinajstić information content (AvgIpc) is 2.25. The molecule has 1 rings (SSSR count). The van der Waals surface area contributed by atoms with Gasteiger partial charge in [0.25, 0.3) is 0 Å². The molecule has 1 nitrogen and oxygen atoms in total. The van der Waals surface area contributed by atoms with Crippen molar-refractivity contribution in [2.24, 2.45) is 5.41 Å². The molecule has 0 amide bonds. The molecule has 0 spiro atoms. The quantitative estimate of drug-likeness (QED) is 0.808. The second kappa shape index (κ2) is 5.49. The Balaban J connectivity index is 2.79. The molecule has 0 saturated heterocycles. The lowest BCUT2D eigenvalue weighted by Crippen LogP contribution is -2.22. The smallest absolute Gasteiger partial charge is 0.0322 e. The zero-order valence-corrected chi connectivity index (χ0v) is 11.3. The molecule has 90 valence electrons. The van der Waals surface area contributed by atoms with Crippen molar-refractivity contribution in [2.45, 2.75) is 46.6 Å². The second-order valence-electron chi connectivity index (χ2n) is 5.70. The number of hydrogen-bond donors (Lipinski definition) is 1. The van der Waals surface area contributed by atoms with Crippen LogP contribution in [0, 0.1) is 5.41 Å². The molecule has 0 aliphatic rings. The largest absolute Gasteiger partial charge is 0.313 e. The van der Waals surface area contributed by atoms with E-state index < -0.39 is 0 Å². The molecule has 0 aliphatic heterocycles. The number of hydrogen-bond acceptors (Lipinski definition) is 1. The first-order chi connectivity index (χ1) is 7.46. The van der Waals surface area contributed by atoms with Gasteiger partial charge in [0.05, 0.1) is 0 Å². The van der Waals surface area contributed by atoms with E-state index in [9.17, 15) is 0 Å². The molecule has 0 aliphatic carbocycles. The van der Waals surface area contributed by atoms with Gasteiger partial charge in [0, 0.05) is 6.04 Å². The lowest BCUT2D eigenvalue weighted by molar-refractivity contribution is 0.321. The van der Waals surface area contributed by atoms with Gasteiger partial charge in [0.1, 0.15) is 0 Å². The number of benzene rings is 1. The second-order valence-corrected chi connectivity index (χ2v) is 5.70. The Morgan fingerprint density at radius 3 is 2.06 bits per heavy atom. The van der Waals surface area contributed by atoms with E-state index in [-0.39, 0.29) is 0 Å². The van der Waals surface area contributed by atoms with Crippen LogP contribution in [-0.2, 0) is 6.42 Å². The SMILES string of the molecule is CCc1ccc(C(CC(C)(C)C)NC)cc1. The van der Waals surface area contributed by atoms with Gasteiger partial charge in [-0.1, -0.05) is 52.0 Å². The molecule has 0 bridgehead atoms. The lowest BCUT2D eigenvalue weighted by atomic mass is 9.85. The molecule has 0 aromatic heterocycles. The molecule has 1 unspecified atom stereocenters. The van der Waals surface area contributed by atoms with Gasteiger partial charge >= 0.3 is 0 Å². The highest BCUT2D eigenvalue weighted by molar-refractivity contribution is 5.25. The van der Waals surface area contributed by atoms with E-state index in [1.807, 2.05) is 7.05 Å². The van der Waals surface area contributed by atoms with E-state index in [2.05, 4.69) is 57.3 Å². The van der Waals surface area contributed by atoms with Crippen LogP contribution >= 0.6 is 0 Å². The van der Waals surface area contributed by atoms with Crippen molar-refractivity contribution in [1.29, 1.82) is 0 Å². The molecule has 1 atom stereocenters. The van der Waals surface area contributed by atoms with Crippen LogP contribution in [0.2, 0.25) is 0 Å². The minimum absolute atomic E-state index is 0.358. The van der Waals surface area contributed by atoms with E-state index in [0.717, 1.165) is 12.8 Å². The third kappa shape index (κ3) is 3.97. The summed E-state index contributed by atoms with van der Waals surface area (Å²) in [6.07, 6.45) is 2.28. The summed E-state index contributed by atoms with van der Waals surface area (Å²) in [5.74, 6) is 0. The van der Waals surface area contributed by atoms with Crippen LogP contribution in [0.25, 0.3) is 0 Å². The first kappa shape index (κ1) is 13.2. The van der Waals surface area contributed by atoms with E-state index in [1.54, 1.807) is 0 Å². The molecule has 1 aromatic rings. The highest BCUT2D eigenvalue weighted by atomic mass is 14.9. The van der Waals surface area contributed by atoms with Crippen LogP contribution in [0.15, 0.2) is 24.3 Å². The molecule has 1 N–H and O–H groups in total. The lowest BCUT2D eigenvalue weighted by Gasteiger charge is -2.26. The Kier molecular flexibility index (Phi) is 4.55. The summed E-state index contributed by atoms with van der Waals surface area (Å²) in [5.41, 5.74) is 3.17. The predicted octanol–water partition coefficient (Wildman–Crippen LogP) is 3.95. The molecule has 1 aromatic carbocycles. The zero-order valence-electron chi connectivity index (χ0n) is 11.3. The summed E-state index contributed by atoms with van der Waals surface area (Å²) >= 11 is 0. The van der Waals surface area contributed by atoms with Gasteiger partial charge in [-0.05, 0) is 36.4 Å². The monoisotopic (exact) mass is 219 g/mol. The van der Waals surface area contributed by atoms with Crippen molar-refractivity contribution in [1.82, 2.24) is 5.32 Å². The molecule has 0 radical (unpaired) electrons. The van der Waals surface area contributed by atoms with Gasteiger partial charge in [0.15, 0.2) is 0 Å². The summed E-state index contributed by atoms with van der Waals surface area (Å²) in [6, 6.07) is 9.45. The van der Waals surface area contributed by atoms with Crippen LogP contribution in [0.4, 0.5) is 0 Å². The summed E-state index contributed by atoms with van der Waals surface area (Å²) in [6.45, 7) is 9.06. The molecule has 0 saturated carbocycles. The van der Waals surface area contributed by atoms with Crippen LogP contribution in [-0.4, -0.2) is 7.05 Å². The van der Waals surface area contributed by atoms with E-state index in [4.69, 9.17) is 0 Å². The van der Waals surface area contributed by atoms with Gasteiger partial charge in [-0.2, -0.15) is 0 Å². The first-order valence-corrected chi connectivity index (χ1v) is 6.22. The van der Waals surface area contributed by atoms with Crippen LogP contribution in [0.1, 0.15) is 51.3 Å². The maximum Gasteiger partial charge on any atom is 0.0322 e. The first-order valence-electron chi connectivity index (χ1n) is 6.22. The molecular formula is C15H25N. The van der Waals surface area contributed by atoms with Crippen molar-refractivity contribution < 1.29 is 0 Å². The summed E-state index contributed by atoms with van der Waals surface area (Å²) in [5, 5.41) is 3.41. The van der Waals surface area contributed by atoms with Gasteiger partial charge < -0.3 is 5.32 Å². The Bertz CT molecular complexity index is 305. The number of nitrogens with one attached hydrogen (secondary N) is 1. The Morgan fingerprint density at radius 2 is 1.69 bits per heavy atom. The normalized spacial score (nSPS) is 13.8. The predicted molar refractivity (Wildman–Crippen MR) is 71.7 cm³/mol. The fourth-order valence-electron chi connectivity index (χ4n) is 1.98. The van der Waals surface area contributed by atoms with Gasteiger partial charge in [0.2, 0.25) is 0 Å². The average molecular weight is 219 g/mol. The fourth-order valence-corrected chi connectivity index (χ4v) is 1.98. The molecule has 16 heavy (non-hydrogen) atoms.